The third-order valence-electron chi connectivity index (χ3n) is 5.11. The molecule has 0 bridgehead atoms. The summed E-state index contributed by atoms with van der Waals surface area (Å²) in [6, 6.07) is 2.65. The topological polar surface area (TPSA) is 101 Å². The first-order chi connectivity index (χ1) is 14.0. The first-order valence-corrected chi connectivity index (χ1v) is 11.3. The molecule has 1 atom stereocenters. The van der Waals surface area contributed by atoms with Crippen molar-refractivity contribution in [1.29, 1.82) is 4.78 Å². The third-order valence-corrected chi connectivity index (χ3v) is 6.14. The minimum atomic E-state index is -3.34. The summed E-state index contributed by atoms with van der Waals surface area (Å²) in [7, 11) is -3.14. The van der Waals surface area contributed by atoms with Crippen molar-refractivity contribution in [1.82, 2.24) is 14.8 Å². The molecule has 0 spiro atoms. The number of carbonyl (C=O) groups is 1. The van der Waals surface area contributed by atoms with E-state index in [0.29, 0.717) is 6.92 Å². The molecule has 1 aliphatic carbocycles. The SMILES string of the molecule is Cc1c(C(C)(F)F)nn(CC2(C)CC(F)(F)C2)c1C(=O)Nc1ccnc([S@](C)(=N)=O)c1. The number of amides is 1. The fourth-order valence-electron chi connectivity index (χ4n) is 3.93. The molecule has 12 heteroatoms. The number of halogens is 4. The Hall–Kier alpha value is -2.50. The van der Waals surface area contributed by atoms with E-state index in [1.54, 1.807) is 6.92 Å². The Morgan fingerprint density at radius 1 is 1.39 bits per heavy atom. The lowest BCUT2D eigenvalue weighted by molar-refractivity contribution is -0.160. The van der Waals surface area contributed by atoms with Crippen molar-refractivity contribution in [3.05, 3.63) is 35.3 Å². The molecule has 3 rings (SSSR count). The van der Waals surface area contributed by atoms with Gasteiger partial charge in [-0.15, -0.1) is 0 Å². The second-order valence-electron chi connectivity index (χ2n) is 8.57. The predicted octanol–water partition coefficient (Wildman–Crippen LogP) is 4.42. The molecule has 2 N–H and O–H groups in total. The molecular formula is C19H23F4N5O2S. The van der Waals surface area contributed by atoms with Crippen LogP contribution in [-0.2, 0) is 22.2 Å². The molecule has 0 radical (unpaired) electrons. The Morgan fingerprint density at radius 2 is 2.00 bits per heavy atom. The van der Waals surface area contributed by atoms with Gasteiger partial charge in [0.05, 0.1) is 9.73 Å². The van der Waals surface area contributed by atoms with Gasteiger partial charge < -0.3 is 5.32 Å². The smallest absolute Gasteiger partial charge is 0.289 e. The van der Waals surface area contributed by atoms with Crippen LogP contribution in [0, 0.1) is 17.1 Å². The van der Waals surface area contributed by atoms with Gasteiger partial charge in [-0.1, -0.05) is 6.92 Å². The van der Waals surface area contributed by atoms with E-state index in [9.17, 15) is 26.6 Å². The molecule has 1 fully saturated rings. The molecule has 0 saturated heterocycles. The standard InChI is InChI=1S/C19H23F4N5O2S/c1-11-14(16(29)26-12-5-6-25-13(7-12)31(4,24)30)28(27-15(11)18(3,20)21)10-17(2)8-19(22,23)9-17/h5-7,24H,8-10H2,1-4H3,(H,25,26,29)/t31-/m1/s1. The van der Waals surface area contributed by atoms with E-state index in [0.717, 1.165) is 4.68 Å². The summed E-state index contributed by atoms with van der Waals surface area (Å²) >= 11 is 0. The largest absolute Gasteiger partial charge is 0.321 e. The van der Waals surface area contributed by atoms with Gasteiger partial charge in [0.1, 0.15) is 16.4 Å². The molecule has 0 aliphatic heterocycles. The van der Waals surface area contributed by atoms with Crippen LogP contribution in [0.1, 0.15) is 48.4 Å². The first-order valence-electron chi connectivity index (χ1n) is 9.36. The zero-order chi connectivity index (χ0) is 23.4. The second kappa shape index (κ2) is 7.28. The molecule has 7 nitrogen and oxygen atoms in total. The Morgan fingerprint density at radius 3 is 2.52 bits per heavy atom. The predicted molar refractivity (Wildman–Crippen MR) is 106 cm³/mol. The van der Waals surface area contributed by atoms with Crippen LogP contribution < -0.4 is 5.32 Å². The normalized spacial score (nSPS) is 19.4. The van der Waals surface area contributed by atoms with E-state index < -0.39 is 51.4 Å². The molecule has 1 saturated carbocycles. The van der Waals surface area contributed by atoms with Gasteiger partial charge in [0.15, 0.2) is 0 Å². The molecule has 0 aromatic carbocycles. The highest BCUT2D eigenvalue weighted by Gasteiger charge is 2.54. The molecule has 0 unspecified atom stereocenters. The summed E-state index contributed by atoms with van der Waals surface area (Å²) in [5.41, 5.74) is -1.57. The zero-order valence-electron chi connectivity index (χ0n) is 17.4. The molecule has 31 heavy (non-hydrogen) atoms. The van der Waals surface area contributed by atoms with Crippen molar-refractivity contribution in [2.75, 3.05) is 11.6 Å². The Balaban J connectivity index is 1.97. The molecular weight excluding hydrogens is 438 g/mol. The highest BCUT2D eigenvalue weighted by atomic mass is 32.2. The van der Waals surface area contributed by atoms with Crippen molar-refractivity contribution in [3.63, 3.8) is 0 Å². The number of hydrogen-bond acceptors (Lipinski definition) is 5. The quantitative estimate of drug-likeness (QED) is 0.622. The van der Waals surface area contributed by atoms with Crippen LogP contribution in [0.4, 0.5) is 23.2 Å². The third kappa shape index (κ3) is 4.89. The van der Waals surface area contributed by atoms with Gasteiger partial charge in [-0.3, -0.25) is 9.48 Å². The minimum Gasteiger partial charge on any atom is -0.321 e. The number of aromatic nitrogens is 3. The average molecular weight is 461 g/mol. The maximum atomic E-state index is 14.0. The molecule has 1 aliphatic rings. The van der Waals surface area contributed by atoms with E-state index in [-0.39, 0.29) is 28.5 Å². The number of nitrogens with one attached hydrogen (secondary N) is 2. The fourth-order valence-corrected chi connectivity index (χ4v) is 4.55. The Kier molecular flexibility index (Phi) is 5.44. The highest BCUT2D eigenvalue weighted by molar-refractivity contribution is 7.91. The maximum absolute atomic E-state index is 14.0. The molecule has 2 aromatic heterocycles. The van der Waals surface area contributed by atoms with Crippen LogP contribution in [0.3, 0.4) is 0 Å². The lowest BCUT2D eigenvalue weighted by Crippen LogP contribution is -2.47. The van der Waals surface area contributed by atoms with Gasteiger partial charge in [-0.25, -0.2) is 22.8 Å². The summed E-state index contributed by atoms with van der Waals surface area (Å²) in [6.07, 6.45) is 1.57. The van der Waals surface area contributed by atoms with Gasteiger partial charge in [-0.2, -0.15) is 13.9 Å². The number of carbonyl (C=O) groups excluding carboxylic acids is 1. The van der Waals surface area contributed by atoms with Crippen molar-refractivity contribution in [2.45, 2.75) is 57.0 Å². The number of hydrogen-bond donors (Lipinski definition) is 2. The summed E-state index contributed by atoms with van der Waals surface area (Å²) < 4.78 is 75.5. The number of alkyl halides is 4. The van der Waals surface area contributed by atoms with Crippen molar-refractivity contribution in [2.24, 2.45) is 5.41 Å². The average Bonchev–Trinajstić information content (AvgIpc) is 2.88. The summed E-state index contributed by atoms with van der Waals surface area (Å²) in [5.74, 6) is -6.94. The van der Waals surface area contributed by atoms with Crippen LogP contribution in [-0.4, -0.2) is 37.1 Å². The van der Waals surface area contributed by atoms with Crippen molar-refractivity contribution >= 4 is 21.3 Å². The Bertz CT molecular complexity index is 1130. The lowest BCUT2D eigenvalue weighted by Gasteiger charge is -2.44. The van der Waals surface area contributed by atoms with Gasteiger partial charge in [-0.05, 0) is 24.5 Å². The zero-order valence-corrected chi connectivity index (χ0v) is 18.2. The number of anilines is 1. The lowest BCUT2D eigenvalue weighted by atomic mass is 9.67. The molecule has 2 aromatic rings. The minimum absolute atomic E-state index is 0.0551. The molecule has 2 heterocycles. The Labute approximate surface area is 177 Å². The van der Waals surface area contributed by atoms with Gasteiger partial charge in [0.2, 0.25) is 5.92 Å². The highest BCUT2D eigenvalue weighted by Crippen LogP contribution is 2.52. The summed E-state index contributed by atoms with van der Waals surface area (Å²) in [6.45, 7) is 3.44. The fraction of sp³-hybridized carbons (Fsp3) is 0.526. The summed E-state index contributed by atoms with van der Waals surface area (Å²) in [4.78, 5) is 16.8. The number of pyridine rings is 1. The molecule has 170 valence electrons. The van der Waals surface area contributed by atoms with Crippen LogP contribution in [0.2, 0.25) is 0 Å². The van der Waals surface area contributed by atoms with E-state index in [4.69, 9.17) is 4.78 Å². The van der Waals surface area contributed by atoms with E-state index >= 15 is 0 Å². The maximum Gasteiger partial charge on any atom is 0.289 e. The van der Waals surface area contributed by atoms with Crippen LogP contribution in [0.5, 0.6) is 0 Å². The number of nitrogens with zero attached hydrogens (tertiary/aromatic N) is 3. The monoisotopic (exact) mass is 461 g/mol. The van der Waals surface area contributed by atoms with Crippen LogP contribution in [0.15, 0.2) is 23.4 Å². The van der Waals surface area contributed by atoms with E-state index in [2.05, 4.69) is 15.4 Å². The van der Waals surface area contributed by atoms with E-state index in [1.165, 1.54) is 31.5 Å². The van der Waals surface area contributed by atoms with Crippen molar-refractivity contribution in [3.8, 4) is 0 Å². The number of rotatable bonds is 6. The second-order valence-corrected chi connectivity index (χ2v) is 10.7. The van der Waals surface area contributed by atoms with E-state index in [1.807, 2.05) is 0 Å². The van der Waals surface area contributed by atoms with Gasteiger partial charge >= 0.3 is 0 Å². The molecule has 1 amide bonds. The van der Waals surface area contributed by atoms with Crippen molar-refractivity contribution < 1.29 is 26.6 Å². The van der Waals surface area contributed by atoms with Crippen LogP contribution in [0.25, 0.3) is 0 Å². The van der Waals surface area contributed by atoms with Crippen LogP contribution >= 0.6 is 0 Å². The van der Waals surface area contributed by atoms with Gasteiger partial charge in [0.25, 0.3) is 11.8 Å². The van der Waals surface area contributed by atoms with Gasteiger partial charge in [0, 0.05) is 50.0 Å². The summed E-state index contributed by atoms with van der Waals surface area (Å²) in [5, 5.41) is 6.35. The first kappa shape index (κ1) is 23.2.